The van der Waals surface area contributed by atoms with Crippen LogP contribution in [0, 0.1) is 0 Å². The van der Waals surface area contributed by atoms with Crippen molar-refractivity contribution in [3.8, 4) is 5.75 Å². The molecule has 0 saturated carbocycles. The predicted molar refractivity (Wildman–Crippen MR) is 65.1 cm³/mol. The molecule has 15 heavy (non-hydrogen) atoms. The Hall–Kier alpha value is -0.540. The normalized spacial score (nSPS) is 10.7. The smallest absolute Gasteiger partial charge is 0.133 e. The van der Waals surface area contributed by atoms with E-state index in [9.17, 15) is 0 Å². The molecule has 1 N–H and O–H groups in total. The van der Waals surface area contributed by atoms with E-state index in [1.54, 1.807) is 0 Å². The topological polar surface area (TPSA) is 29.5 Å². The van der Waals surface area contributed by atoms with Gasteiger partial charge in [0.1, 0.15) is 5.75 Å². The van der Waals surface area contributed by atoms with Crippen LogP contribution in [0.25, 0.3) is 0 Å². The van der Waals surface area contributed by atoms with Crippen molar-refractivity contribution in [1.82, 2.24) is 0 Å². The van der Waals surface area contributed by atoms with Gasteiger partial charge in [0.2, 0.25) is 0 Å². The van der Waals surface area contributed by atoms with Crippen LogP contribution in [0.4, 0.5) is 0 Å². The van der Waals surface area contributed by atoms with Crippen LogP contribution in [-0.2, 0) is 6.61 Å². The van der Waals surface area contributed by atoms with Crippen LogP contribution < -0.4 is 4.74 Å². The summed E-state index contributed by atoms with van der Waals surface area (Å²) >= 11 is 3.44. The lowest BCUT2D eigenvalue weighted by atomic mass is 10.2. The third-order valence-electron chi connectivity index (χ3n) is 2.38. The molecule has 0 aromatic heterocycles. The zero-order valence-corrected chi connectivity index (χ0v) is 10.8. The number of ether oxygens (including phenoxy) is 1. The van der Waals surface area contributed by atoms with Crippen molar-refractivity contribution in [2.45, 2.75) is 39.4 Å². The van der Waals surface area contributed by atoms with Crippen molar-refractivity contribution in [3.63, 3.8) is 0 Å². The number of halogens is 1. The zero-order chi connectivity index (χ0) is 11.3. The molecular formula is C12H17BrO2. The van der Waals surface area contributed by atoms with Gasteiger partial charge in [-0.2, -0.15) is 0 Å². The Kier molecular flexibility index (Phi) is 5.12. The fourth-order valence-electron chi connectivity index (χ4n) is 1.37. The minimum absolute atomic E-state index is 0.0594. The van der Waals surface area contributed by atoms with Crippen molar-refractivity contribution in [2.24, 2.45) is 0 Å². The maximum atomic E-state index is 8.97. The molecule has 0 radical (unpaired) electrons. The van der Waals surface area contributed by atoms with Gasteiger partial charge in [0, 0.05) is 0 Å². The zero-order valence-electron chi connectivity index (χ0n) is 9.16. The summed E-state index contributed by atoms with van der Waals surface area (Å²) in [6, 6.07) is 5.66. The summed E-state index contributed by atoms with van der Waals surface area (Å²) in [6.07, 6.45) is 2.27. The summed E-state index contributed by atoms with van der Waals surface area (Å²) in [4.78, 5) is 0. The Balaban J connectivity index is 2.77. The molecule has 0 heterocycles. The highest BCUT2D eigenvalue weighted by Gasteiger charge is 2.08. The Morgan fingerprint density at radius 2 is 2.00 bits per heavy atom. The standard InChI is InChI=1S/C12H17BrO2/c1-3-10(4-2)15-12-6-5-9(8-14)7-11(12)13/h5-7,10,14H,3-4,8H2,1-2H3. The molecule has 1 aromatic rings. The number of aliphatic hydroxyl groups is 1. The molecule has 1 rings (SSSR count). The average Bonchev–Trinajstić information content (AvgIpc) is 2.27. The second-order valence-electron chi connectivity index (χ2n) is 3.48. The van der Waals surface area contributed by atoms with E-state index in [1.165, 1.54) is 0 Å². The van der Waals surface area contributed by atoms with Crippen LogP contribution in [0.1, 0.15) is 32.3 Å². The Morgan fingerprint density at radius 3 is 2.47 bits per heavy atom. The van der Waals surface area contributed by atoms with E-state index < -0.39 is 0 Å². The molecular weight excluding hydrogens is 256 g/mol. The van der Waals surface area contributed by atoms with Crippen LogP contribution in [-0.4, -0.2) is 11.2 Å². The highest BCUT2D eigenvalue weighted by Crippen LogP contribution is 2.27. The van der Waals surface area contributed by atoms with E-state index >= 15 is 0 Å². The van der Waals surface area contributed by atoms with Crippen LogP contribution in [0.5, 0.6) is 5.75 Å². The van der Waals surface area contributed by atoms with Gasteiger partial charge in [0.25, 0.3) is 0 Å². The first-order valence-electron chi connectivity index (χ1n) is 5.27. The molecule has 0 aliphatic rings. The lowest BCUT2D eigenvalue weighted by Crippen LogP contribution is -2.13. The molecule has 0 aliphatic heterocycles. The first kappa shape index (κ1) is 12.5. The van der Waals surface area contributed by atoms with E-state index in [1.807, 2.05) is 18.2 Å². The SMILES string of the molecule is CCC(CC)Oc1ccc(CO)cc1Br. The summed E-state index contributed by atoms with van der Waals surface area (Å²) in [5, 5.41) is 8.97. The molecule has 0 saturated heterocycles. The van der Waals surface area contributed by atoms with Crippen LogP contribution in [0.15, 0.2) is 22.7 Å². The summed E-state index contributed by atoms with van der Waals surface area (Å²) in [5.74, 6) is 0.848. The van der Waals surface area contributed by atoms with E-state index in [0.717, 1.165) is 28.6 Å². The molecule has 0 amide bonds. The molecule has 0 spiro atoms. The van der Waals surface area contributed by atoms with Gasteiger partial charge in [-0.3, -0.25) is 0 Å². The summed E-state index contributed by atoms with van der Waals surface area (Å²) < 4.78 is 6.72. The van der Waals surface area contributed by atoms with Crippen molar-refractivity contribution >= 4 is 15.9 Å². The van der Waals surface area contributed by atoms with Crippen molar-refractivity contribution < 1.29 is 9.84 Å². The molecule has 84 valence electrons. The van der Waals surface area contributed by atoms with E-state index in [0.29, 0.717) is 0 Å². The number of aliphatic hydroxyl groups excluding tert-OH is 1. The quantitative estimate of drug-likeness (QED) is 0.889. The largest absolute Gasteiger partial charge is 0.489 e. The average molecular weight is 273 g/mol. The second kappa shape index (κ2) is 6.13. The maximum Gasteiger partial charge on any atom is 0.133 e. The van der Waals surface area contributed by atoms with Crippen molar-refractivity contribution in [2.75, 3.05) is 0 Å². The van der Waals surface area contributed by atoms with Crippen molar-refractivity contribution in [3.05, 3.63) is 28.2 Å². The first-order chi connectivity index (χ1) is 7.21. The lowest BCUT2D eigenvalue weighted by Gasteiger charge is -2.17. The van der Waals surface area contributed by atoms with E-state index in [4.69, 9.17) is 9.84 Å². The van der Waals surface area contributed by atoms with Gasteiger partial charge in [0.05, 0.1) is 17.2 Å². The predicted octanol–water partition coefficient (Wildman–Crippen LogP) is 3.51. The summed E-state index contributed by atoms with van der Waals surface area (Å²) in [7, 11) is 0. The lowest BCUT2D eigenvalue weighted by molar-refractivity contribution is 0.191. The van der Waals surface area contributed by atoms with Gasteiger partial charge in [-0.15, -0.1) is 0 Å². The fraction of sp³-hybridized carbons (Fsp3) is 0.500. The van der Waals surface area contributed by atoms with E-state index in [2.05, 4.69) is 29.8 Å². The molecule has 1 aromatic carbocycles. The third kappa shape index (κ3) is 3.50. The number of hydrogen-bond acceptors (Lipinski definition) is 2. The van der Waals surface area contributed by atoms with Crippen molar-refractivity contribution in [1.29, 1.82) is 0 Å². The summed E-state index contributed by atoms with van der Waals surface area (Å²) in [5.41, 5.74) is 0.888. The fourth-order valence-corrected chi connectivity index (χ4v) is 1.89. The molecule has 0 aliphatic carbocycles. The number of hydrogen-bond donors (Lipinski definition) is 1. The van der Waals surface area contributed by atoms with Gasteiger partial charge in [0.15, 0.2) is 0 Å². The molecule has 3 heteroatoms. The first-order valence-corrected chi connectivity index (χ1v) is 6.06. The van der Waals surface area contributed by atoms with Gasteiger partial charge in [-0.25, -0.2) is 0 Å². The molecule has 0 bridgehead atoms. The minimum Gasteiger partial charge on any atom is -0.489 e. The monoisotopic (exact) mass is 272 g/mol. The van der Waals surface area contributed by atoms with Crippen LogP contribution >= 0.6 is 15.9 Å². The van der Waals surface area contributed by atoms with Crippen LogP contribution in [0.3, 0.4) is 0 Å². The number of rotatable bonds is 5. The second-order valence-corrected chi connectivity index (χ2v) is 4.33. The van der Waals surface area contributed by atoms with E-state index in [-0.39, 0.29) is 12.7 Å². The Bertz CT molecular complexity index is 308. The maximum absolute atomic E-state index is 8.97. The molecule has 0 unspecified atom stereocenters. The molecule has 0 atom stereocenters. The van der Waals surface area contributed by atoms with Crippen LogP contribution in [0.2, 0.25) is 0 Å². The van der Waals surface area contributed by atoms with Gasteiger partial charge in [-0.05, 0) is 46.5 Å². The molecule has 0 fully saturated rings. The third-order valence-corrected chi connectivity index (χ3v) is 3.00. The number of benzene rings is 1. The minimum atomic E-state index is 0.0594. The molecule has 2 nitrogen and oxygen atoms in total. The van der Waals surface area contributed by atoms with Gasteiger partial charge in [-0.1, -0.05) is 19.9 Å². The highest BCUT2D eigenvalue weighted by molar-refractivity contribution is 9.10. The Morgan fingerprint density at radius 1 is 1.33 bits per heavy atom. The highest BCUT2D eigenvalue weighted by atomic mass is 79.9. The Labute approximate surface area is 99.4 Å². The summed E-state index contributed by atoms with van der Waals surface area (Å²) in [6.45, 7) is 4.29. The van der Waals surface area contributed by atoms with Gasteiger partial charge >= 0.3 is 0 Å². The van der Waals surface area contributed by atoms with Gasteiger partial charge < -0.3 is 9.84 Å².